The lowest BCUT2D eigenvalue weighted by atomic mass is 9.99. The van der Waals surface area contributed by atoms with Gasteiger partial charge in [-0.2, -0.15) is 5.26 Å². The predicted octanol–water partition coefficient (Wildman–Crippen LogP) is 4.88. The van der Waals surface area contributed by atoms with Gasteiger partial charge in [0, 0.05) is 11.3 Å². The summed E-state index contributed by atoms with van der Waals surface area (Å²) in [5, 5.41) is 13.6. The largest absolute Gasteiger partial charge is 0.383 e. The molecule has 30 heavy (non-hydrogen) atoms. The number of fused-ring (bicyclic) bond motifs is 1. The number of nitrogens with two attached hydrogens (primary N) is 2. The fourth-order valence-corrected chi connectivity index (χ4v) is 4.61. The number of nitrogens with one attached hydrogen (secondary N) is 1. The van der Waals surface area contributed by atoms with Crippen molar-refractivity contribution < 1.29 is 4.79 Å². The second-order valence-electron chi connectivity index (χ2n) is 7.01. The molecule has 4 rings (SSSR count). The van der Waals surface area contributed by atoms with Crippen molar-refractivity contribution in [2.75, 3.05) is 11.1 Å². The number of anilines is 3. The van der Waals surface area contributed by atoms with E-state index in [0.29, 0.717) is 20.8 Å². The lowest BCUT2D eigenvalue weighted by Crippen LogP contribution is -2.13. The second kappa shape index (κ2) is 7.50. The number of primary amides is 1. The molecule has 4 aromatic rings. The number of nitrogen functional groups attached to an aromatic ring is 1. The van der Waals surface area contributed by atoms with Crippen LogP contribution in [0, 0.1) is 25.2 Å². The van der Waals surface area contributed by atoms with E-state index in [1.54, 1.807) is 0 Å². The molecule has 2 heterocycles. The molecule has 2 aromatic carbocycles. The Morgan fingerprint density at radius 2 is 1.83 bits per heavy atom. The van der Waals surface area contributed by atoms with E-state index in [1.807, 2.05) is 62.4 Å². The molecular formula is C23H19N5OS. The number of pyridine rings is 1. The van der Waals surface area contributed by atoms with E-state index in [1.165, 1.54) is 11.3 Å². The highest BCUT2D eigenvalue weighted by molar-refractivity contribution is 7.24. The summed E-state index contributed by atoms with van der Waals surface area (Å²) in [6, 6.07) is 17.7. The summed E-state index contributed by atoms with van der Waals surface area (Å²) in [5.74, 6) is -0.535. The normalized spacial score (nSPS) is 10.7. The minimum Gasteiger partial charge on any atom is -0.383 e. The number of nitrogens with zero attached hydrogens (tertiary/aromatic N) is 2. The maximum Gasteiger partial charge on any atom is 0.253 e. The summed E-state index contributed by atoms with van der Waals surface area (Å²) in [7, 11) is 0. The van der Waals surface area contributed by atoms with Gasteiger partial charge in [-0.1, -0.05) is 48.0 Å². The Hall–Kier alpha value is -3.89. The van der Waals surface area contributed by atoms with E-state index in [2.05, 4.69) is 16.4 Å². The summed E-state index contributed by atoms with van der Waals surface area (Å²) in [6.07, 6.45) is 0. The number of nitriles is 1. The number of rotatable bonds is 4. The van der Waals surface area contributed by atoms with Crippen LogP contribution in [0.25, 0.3) is 21.3 Å². The van der Waals surface area contributed by atoms with Crippen LogP contribution in [-0.2, 0) is 0 Å². The van der Waals surface area contributed by atoms with Gasteiger partial charge in [0.05, 0.1) is 10.2 Å². The van der Waals surface area contributed by atoms with Crippen molar-refractivity contribution >= 4 is 44.0 Å². The summed E-state index contributed by atoms with van der Waals surface area (Å²) >= 11 is 1.34. The lowest BCUT2D eigenvalue weighted by molar-refractivity contribution is 0.100. The molecule has 0 spiro atoms. The molecule has 0 saturated carbocycles. The first-order valence-corrected chi connectivity index (χ1v) is 10.1. The molecule has 0 aliphatic carbocycles. The molecule has 0 unspecified atom stereocenters. The first-order valence-electron chi connectivity index (χ1n) is 9.26. The molecule has 1 amide bonds. The highest BCUT2D eigenvalue weighted by atomic mass is 32.1. The molecule has 7 heteroatoms. The molecule has 0 bridgehead atoms. The predicted molar refractivity (Wildman–Crippen MR) is 122 cm³/mol. The van der Waals surface area contributed by atoms with E-state index < -0.39 is 5.91 Å². The van der Waals surface area contributed by atoms with E-state index in [4.69, 9.17) is 11.5 Å². The standard InChI is InChI=1S/C23H19N5OS/c1-12-7-9-14(10-8-12)17-15(11-24)21(25)28-19-18(22(26)29)23(30-20(17)19)27-16-6-4-3-5-13(16)2/h3-10,27H,1-2H3,(H2,25,28)(H2,26,29). The Morgan fingerprint density at radius 3 is 2.47 bits per heavy atom. The van der Waals surface area contributed by atoms with Crippen molar-refractivity contribution in [2.24, 2.45) is 5.73 Å². The van der Waals surface area contributed by atoms with Crippen LogP contribution in [0.1, 0.15) is 27.0 Å². The highest BCUT2D eigenvalue weighted by Gasteiger charge is 2.25. The molecule has 0 radical (unpaired) electrons. The molecule has 6 nitrogen and oxygen atoms in total. The summed E-state index contributed by atoms with van der Waals surface area (Å²) in [5.41, 5.74) is 17.3. The Kier molecular flexibility index (Phi) is 4.86. The van der Waals surface area contributed by atoms with Gasteiger partial charge in [-0.25, -0.2) is 4.98 Å². The molecule has 148 valence electrons. The fraction of sp³-hybridized carbons (Fsp3) is 0.0870. The number of benzene rings is 2. The van der Waals surface area contributed by atoms with E-state index >= 15 is 0 Å². The Bertz CT molecular complexity index is 1330. The number of carbonyl (C=O) groups excluding carboxylic acids is 1. The van der Waals surface area contributed by atoms with Gasteiger partial charge in [-0.05, 0) is 31.0 Å². The number of para-hydroxylation sites is 1. The van der Waals surface area contributed by atoms with Gasteiger partial charge >= 0.3 is 0 Å². The molecule has 0 saturated heterocycles. The van der Waals surface area contributed by atoms with Crippen LogP contribution in [0.3, 0.4) is 0 Å². The van der Waals surface area contributed by atoms with Crippen LogP contribution < -0.4 is 16.8 Å². The zero-order valence-corrected chi connectivity index (χ0v) is 17.3. The third-order valence-corrected chi connectivity index (χ3v) is 6.05. The molecule has 0 aliphatic rings. The van der Waals surface area contributed by atoms with Crippen LogP contribution in [-0.4, -0.2) is 10.9 Å². The summed E-state index contributed by atoms with van der Waals surface area (Å²) in [6.45, 7) is 3.97. The van der Waals surface area contributed by atoms with Gasteiger partial charge in [0.25, 0.3) is 5.91 Å². The zero-order valence-electron chi connectivity index (χ0n) is 16.5. The average Bonchev–Trinajstić information content (AvgIpc) is 3.07. The van der Waals surface area contributed by atoms with Crippen molar-refractivity contribution in [2.45, 2.75) is 13.8 Å². The Morgan fingerprint density at radius 1 is 1.13 bits per heavy atom. The van der Waals surface area contributed by atoms with Crippen LogP contribution in [0.2, 0.25) is 0 Å². The summed E-state index contributed by atoms with van der Waals surface area (Å²) < 4.78 is 0.689. The fourth-order valence-electron chi connectivity index (χ4n) is 3.38. The number of amides is 1. The van der Waals surface area contributed by atoms with Crippen molar-refractivity contribution in [1.82, 2.24) is 4.98 Å². The van der Waals surface area contributed by atoms with Crippen LogP contribution in [0.5, 0.6) is 0 Å². The number of hydrogen-bond donors (Lipinski definition) is 3. The van der Waals surface area contributed by atoms with E-state index in [9.17, 15) is 10.1 Å². The number of aryl methyl sites for hydroxylation is 2. The van der Waals surface area contributed by atoms with Gasteiger partial charge in [0.15, 0.2) is 0 Å². The van der Waals surface area contributed by atoms with Gasteiger partial charge in [0.1, 0.15) is 28.0 Å². The number of carbonyl (C=O) groups is 1. The molecule has 2 aromatic heterocycles. The van der Waals surface area contributed by atoms with Crippen molar-refractivity contribution in [1.29, 1.82) is 5.26 Å². The van der Waals surface area contributed by atoms with Gasteiger partial charge < -0.3 is 16.8 Å². The van der Waals surface area contributed by atoms with Crippen LogP contribution in [0.15, 0.2) is 48.5 Å². The molecule has 0 aliphatic heterocycles. The minimum absolute atomic E-state index is 0.0725. The SMILES string of the molecule is Cc1ccc(-c2c(C#N)c(N)nc3c(C(N)=O)c(Nc4ccccc4C)sc23)cc1. The average molecular weight is 414 g/mol. The van der Waals surface area contributed by atoms with Crippen LogP contribution in [0.4, 0.5) is 16.5 Å². The highest BCUT2D eigenvalue weighted by Crippen LogP contribution is 2.44. The Labute approximate surface area is 177 Å². The number of aromatic nitrogens is 1. The van der Waals surface area contributed by atoms with E-state index in [0.717, 1.165) is 22.4 Å². The molecule has 5 N–H and O–H groups in total. The maximum atomic E-state index is 12.4. The van der Waals surface area contributed by atoms with Crippen molar-refractivity contribution in [3.63, 3.8) is 0 Å². The van der Waals surface area contributed by atoms with Gasteiger partial charge in [-0.3, -0.25) is 4.79 Å². The third kappa shape index (κ3) is 3.23. The Balaban J connectivity index is 2.04. The van der Waals surface area contributed by atoms with Gasteiger partial charge in [-0.15, -0.1) is 11.3 Å². The first kappa shape index (κ1) is 19.4. The monoisotopic (exact) mass is 413 g/mol. The maximum absolute atomic E-state index is 12.4. The quantitative estimate of drug-likeness (QED) is 0.441. The van der Waals surface area contributed by atoms with Crippen molar-refractivity contribution in [3.8, 4) is 17.2 Å². The molecule has 0 fully saturated rings. The first-order chi connectivity index (χ1) is 14.4. The third-order valence-electron chi connectivity index (χ3n) is 4.94. The summed E-state index contributed by atoms with van der Waals surface area (Å²) in [4.78, 5) is 16.8. The smallest absolute Gasteiger partial charge is 0.253 e. The van der Waals surface area contributed by atoms with Crippen molar-refractivity contribution in [3.05, 3.63) is 70.8 Å². The second-order valence-corrected chi connectivity index (χ2v) is 8.03. The van der Waals surface area contributed by atoms with Crippen LogP contribution >= 0.6 is 11.3 Å². The topological polar surface area (TPSA) is 118 Å². The van der Waals surface area contributed by atoms with Gasteiger partial charge in [0.2, 0.25) is 0 Å². The zero-order chi connectivity index (χ0) is 21.4. The number of thiophene rings is 1. The number of hydrogen-bond acceptors (Lipinski definition) is 6. The molecular weight excluding hydrogens is 394 g/mol. The van der Waals surface area contributed by atoms with E-state index in [-0.39, 0.29) is 16.9 Å². The minimum atomic E-state index is -0.608. The molecule has 0 atom stereocenters. The lowest BCUT2D eigenvalue weighted by Gasteiger charge is -2.09.